The van der Waals surface area contributed by atoms with Crippen molar-refractivity contribution in [1.29, 1.82) is 0 Å². The molecule has 3 rings (SSSR count). The van der Waals surface area contributed by atoms with Gasteiger partial charge in [-0.2, -0.15) is 5.10 Å². The molecule has 0 saturated carbocycles. The monoisotopic (exact) mass is 393 g/mol. The van der Waals surface area contributed by atoms with Crippen molar-refractivity contribution in [3.8, 4) is 0 Å². The van der Waals surface area contributed by atoms with Crippen LogP contribution in [0.4, 0.5) is 11.4 Å². The van der Waals surface area contributed by atoms with Crippen LogP contribution in [0.3, 0.4) is 0 Å². The smallest absolute Gasteiger partial charge is 0.0724 e. The summed E-state index contributed by atoms with van der Waals surface area (Å²) in [6.45, 7) is 10.9. The highest BCUT2D eigenvalue weighted by Gasteiger charge is 2.25. The van der Waals surface area contributed by atoms with Gasteiger partial charge in [-0.25, -0.2) is 0 Å². The average molecular weight is 394 g/mol. The zero-order valence-electron chi connectivity index (χ0n) is 18.5. The second-order valence-corrected chi connectivity index (χ2v) is 8.09. The van der Waals surface area contributed by atoms with Crippen molar-refractivity contribution < 1.29 is 0 Å². The molecule has 1 aliphatic rings. The molecule has 5 nitrogen and oxygen atoms in total. The van der Waals surface area contributed by atoms with Crippen molar-refractivity contribution in [1.82, 2.24) is 14.7 Å². The molecule has 1 aliphatic heterocycles. The third-order valence-electron chi connectivity index (χ3n) is 6.16. The predicted octanol–water partition coefficient (Wildman–Crippen LogP) is 5.69. The van der Waals surface area contributed by atoms with Crippen LogP contribution in [-0.2, 0) is 0 Å². The number of allylic oxidation sites excluding steroid dienone is 2. The van der Waals surface area contributed by atoms with E-state index in [1.54, 1.807) is 0 Å². The van der Waals surface area contributed by atoms with Gasteiger partial charge < -0.3 is 5.32 Å². The van der Waals surface area contributed by atoms with E-state index in [0.29, 0.717) is 12.1 Å². The summed E-state index contributed by atoms with van der Waals surface area (Å²) in [4.78, 5) is 7.29. The minimum Gasteiger partial charge on any atom is -0.386 e. The summed E-state index contributed by atoms with van der Waals surface area (Å²) >= 11 is 0. The maximum Gasteiger partial charge on any atom is 0.0724 e. The summed E-state index contributed by atoms with van der Waals surface area (Å²) in [5.74, 6) is 0. The predicted molar refractivity (Wildman–Crippen MR) is 123 cm³/mol. The number of nitrogens with one attached hydrogen (secondary N) is 1. The molecule has 0 radical (unpaired) electrons. The molecule has 0 spiro atoms. The lowest BCUT2D eigenvalue weighted by atomic mass is 9.99. The fourth-order valence-electron chi connectivity index (χ4n) is 3.80. The Morgan fingerprint density at radius 3 is 2.76 bits per heavy atom. The Morgan fingerprint density at radius 1 is 1.34 bits per heavy atom. The summed E-state index contributed by atoms with van der Waals surface area (Å²) in [5.41, 5.74) is 6.06. The van der Waals surface area contributed by atoms with E-state index in [4.69, 9.17) is 4.99 Å². The first-order valence-electron chi connectivity index (χ1n) is 10.8. The molecule has 2 aromatic rings. The van der Waals surface area contributed by atoms with Gasteiger partial charge in [0.05, 0.1) is 23.6 Å². The van der Waals surface area contributed by atoms with Crippen LogP contribution in [0.1, 0.15) is 63.2 Å². The number of aryl methyl sites for hydroxylation is 1. The standard InChI is InChI=1S/C24H35N5/c1-6-18(2)9-12-26-24-15-21(8-7-19(24)3)20(4)28-13-10-23(11-14-28)29-17-22(25-5)16-27-29/h7-9,12,15-17,20,23,25H,6,10-11,13-14H2,1-5H3/b18-9+,26-12?. The first-order valence-corrected chi connectivity index (χ1v) is 10.8. The van der Waals surface area contributed by atoms with E-state index in [1.165, 1.54) is 16.7 Å². The van der Waals surface area contributed by atoms with Crippen LogP contribution in [0.15, 0.2) is 47.2 Å². The Labute approximate surface area is 175 Å². The molecule has 156 valence electrons. The molecule has 29 heavy (non-hydrogen) atoms. The van der Waals surface area contributed by atoms with Crippen molar-refractivity contribution in [2.75, 3.05) is 25.5 Å². The lowest BCUT2D eigenvalue weighted by Gasteiger charge is -2.36. The number of aliphatic imine (C=N–C) groups is 1. The number of rotatable bonds is 7. The van der Waals surface area contributed by atoms with E-state index in [1.807, 2.05) is 19.5 Å². The van der Waals surface area contributed by atoms with E-state index < -0.39 is 0 Å². The molecule has 1 fully saturated rings. The lowest BCUT2D eigenvalue weighted by molar-refractivity contribution is 0.139. The third-order valence-corrected chi connectivity index (χ3v) is 6.16. The number of nitrogens with zero attached hydrogens (tertiary/aromatic N) is 4. The van der Waals surface area contributed by atoms with Crippen LogP contribution in [0, 0.1) is 6.92 Å². The van der Waals surface area contributed by atoms with E-state index in [-0.39, 0.29) is 0 Å². The van der Waals surface area contributed by atoms with Crippen molar-refractivity contribution in [2.24, 2.45) is 4.99 Å². The molecule has 1 atom stereocenters. The van der Waals surface area contributed by atoms with Gasteiger partial charge in [-0.3, -0.25) is 14.6 Å². The van der Waals surface area contributed by atoms with Crippen LogP contribution in [0.2, 0.25) is 0 Å². The average Bonchev–Trinajstić information content (AvgIpc) is 3.24. The Bertz CT molecular complexity index is 856. The number of hydrogen-bond donors (Lipinski definition) is 1. The first kappa shape index (κ1) is 21.3. The fourth-order valence-corrected chi connectivity index (χ4v) is 3.80. The Balaban J connectivity index is 1.64. The molecule has 1 saturated heterocycles. The molecule has 0 bridgehead atoms. The minimum atomic E-state index is 0.393. The van der Waals surface area contributed by atoms with Gasteiger partial charge in [0.15, 0.2) is 0 Å². The minimum absolute atomic E-state index is 0.393. The maximum absolute atomic E-state index is 4.71. The van der Waals surface area contributed by atoms with Gasteiger partial charge in [-0.1, -0.05) is 24.6 Å². The number of hydrogen-bond acceptors (Lipinski definition) is 4. The molecule has 0 aliphatic carbocycles. The van der Waals surface area contributed by atoms with E-state index in [9.17, 15) is 0 Å². The summed E-state index contributed by atoms with van der Waals surface area (Å²) < 4.78 is 2.12. The van der Waals surface area contributed by atoms with Crippen molar-refractivity contribution in [3.05, 3.63) is 53.4 Å². The highest BCUT2D eigenvalue weighted by molar-refractivity contribution is 5.76. The topological polar surface area (TPSA) is 45.5 Å². The maximum atomic E-state index is 4.71. The third kappa shape index (κ3) is 5.36. The zero-order valence-corrected chi connectivity index (χ0v) is 18.5. The molecule has 1 aromatic carbocycles. The van der Waals surface area contributed by atoms with Crippen LogP contribution in [0.5, 0.6) is 0 Å². The van der Waals surface area contributed by atoms with Gasteiger partial charge in [0.2, 0.25) is 0 Å². The van der Waals surface area contributed by atoms with E-state index in [0.717, 1.165) is 43.7 Å². The van der Waals surface area contributed by atoms with Crippen LogP contribution < -0.4 is 5.32 Å². The van der Waals surface area contributed by atoms with Crippen LogP contribution >= 0.6 is 0 Å². The summed E-state index contributed by atoms with van der Waals surface area (Å²) in [7, 11) is 1.94. The molecular weight excluding hydrogens is 358 g/mol. The van der Waals surface area contributed by atoms with Crippen molar-refractivity contribution in [2.45, 2.75) is 59.0 Å². The SMILES string of the molecule is CC/C(C)=C/C=Nc1cc(C(C)N2CCC(n3cc(NC)cn3)CC2)ccc1C. The molecule has 1 unspecified atom stereocenters. The van der Waals surface area contributed by atoms with Crippen molar-refractivity contribution >= 4 is 17.6 Å². The highest BCUT2D eigenvalue weighted by Crippen LogP contribution is 2.31. The lowest BCUT2D eigenvalue weighted by Crippen LogP contribution is -2.36. The zero-order chi connectivity index (χ0) is 20.8. The fraction of sp³-hybridized carbons (Fsp3) is 0.500. The Kier molecular flexibility index (Phi) is 7.26. The normalized spacial score (nSPS) is 17.8. The number of aromatic nitrogens is 2. The quantitative estimate of drug-likeness (QED) is 0.615. The Hall–Kier alpha value is -2.40. The number of benzene rings is 1. The number of piperidine rings is 1. The molecule has 2 heterocycles. The van der Waals surface area contributed by atoms with Gasteiger partial charge in [0, 0.05) is 38.6 Å². The second-order valence-electron chi connectivity index (χ2n) is 8.09. The highest BCUT2D eigenvalue weighted by atomic mass is 15.3. The largest absolute Gasteiger partial charge is 0.386 e. The molecule has 0 amide bonds. The van der Waals surface area contributed by atoms with Gasteiger partial charge in [-0.15, -0.1) is 0 Å². The van der Waals surface area contributed by atoms with E-state index >= 15 is 0 Å². The van der Waals surface area contributed by atoms with Crippen LogP contribution in [0.25, 0.3) is 0 Å². The summed E-state index contributed by atoms with van der Waals surface area (Å²) in [6.07, 6.45) is 11.4. The van der Waals surface area contributed by atoms with E-state index in [2.05, 4.69) is 78.2 Å². The second kappa shape index (κ2) is 9.88. The molecule has 5 heteroatoms. The molecular formula is C24H35N5. The van der Waals surface area contributed by atoms with Crippen molar-refractivity contribution in [3.63, 3.8) is 0 Å². The molecule has 1 N–H and O–H groups in total. The van der Waals surface area contributed by atoms with Gasteiger partial charge in [0.25, 0.3) is 0 Å². The first-order chi connectivity index (χ1) is 14.0. The Morgan fingerprint density at radius 2 is 2.10 bits per heavy atom. The number of likely N-dealkylation sites (tertiary alicyclic amines) is 1. The molecule has 1 aromatic heterocycles. The van der Waals surface area contributed by atoms with Gasteiger partial charge in [0.1, 0.15) is 0 Å². The summed E-state index contributed by atoms with van der Waals surface area (Å²) in [6, 6.07) is 7.59. The van der Waals surface area contributed by atoms with Crippen LogP contribution in [-0.4, -0.2) is 41.0 Å². The van der Waals surface area contributed by atoms with Gasteiger partial charge >= 0.3 is 0 Å². The summed E-state index contributed by atoms with van der Waals surface area (Å²) in [5, 5.41) is 7.68. The number of anilines is 1. The van der Waals surface area contributed by atoms with Gasteiger partial charge in [-0.05, 0) is 63.3 Å².